The summed E-state index contributed by atoms with van der Waals surface area (Å²) in [5.41, 5.74) is 2.40. The van der Waals surface area contributed by atoms with E-state index in [9.17, 15) is 14.9 Å². The number of nitriles is 1. The van der Waals surface area contributed by atoms with Gasteiger partial charge < -0.3 is 19.7 Å². The first-order valence-corrected chi connectivity index (χ1v) is 19.2. The van der Waals surface area contributed by atoms with E-state index < -0.39 is 17.4 Å². The largest absolute Gasteiger partial charge is 0.343 e. The van der Waals surface area contributed by atoms with Crippen LogP contribution in [0.15, 0.2) is 48.7 Å². The molecule has 5 aliphatic rings. The number of likely N-dealkylation sites (tertiary alicyclic amines) is 1. The molecule has 3 saturated heterocycles. The van der Waals surface area contributed by atoms with E-state index in [0.717, 1.165) is 36.0 Å². The number of benzene rings is 2. The Bertz CT molecular complexity index is 2420. The van der Waals surface area contributed by atoms with Crippen LogP contribution in [0.5, 0.6) is 0 Å². The number of halogens is 4. The molecule has 2 aliphatic carbocycles. The monoisotopic (exact) mass is 767 g/mol. The van der Waals surface area contributed by atoms with E-state index in [1.807, 2.05) is 6.07 Å². The minimum atomic E-state index is -1.82. The van der Waals surface area contributed by atoms with E-state index in [0.29, 0.717) is 46.7 Å². The van der Waals surface area contributed by atoms with Crippen molar-refractivity contribution in [3.63, 3.8) is 0 Å². The van der Waals surface area contributed by atoms with Crippen molar-refractivity contribution in [2.24, 2.45) is 5.92 Å². The number of aryl methyl sites for hydroxylation is 1. The zero-order chi connectivity index (χ0) is 37.6. The van der Waals surface area contributed by atoms with Crippen molar-refractivity contribution in [3.05, 3.63) is 81.5 Å². The summed E-state index contributed by atoms with van der Waals surface area (Å²) in [7, 11) is 3.31. The molecule has 54 heavy (non-hydrogen) atoms. The molecule has 3 aliphatic heterocycles. The Morgan fingerprint density at radius 2 is 1.96 bits per heavy atom. The summed E-state index contributed by atoms with van der Waals surface area (Å²) in [6.45, 7) is 1.29. The van der Waals surface area contributed by atoms with Crippen LogP contribution in [0.2, 0.25) is 10.0 Å². The maximum atomic E-state index is 17.6. The zero-order valence-corrected chi connectivity index (χ0v) is 31.3. The van der Waals surface area contributed by atoms with Gasteiger partial charge in [-0.3, -0.25) is 14.6 Å². The van der Waals surface area contributed by atoms with Gasteiger partial charge in [0.05, 0.1) is 39.4 Å². The molecule has 2 aromatic carbocycles. The molecular weight excluding hydrogens is 731 g/mol. The number of rotatable bonds is 8. The number of amides is 2. The van der Waals surface area contributed by atoms with Crippen molar-refractivity contribution in [3.8, 4) is 28.5 Å². The fourth-order valence-corrected chi connectivity index (χ4v) is 9.35. The average molecular weight is 769 g/mol. The quantitative estimate of drug-likeness (QED) is 0.171. The molecule has 3 aromatic heterocycles. The summed E-state index contributed by atoms with van der Waals surface area (Å²) in [5, 5.41) is 15.1. The predicted molar refractivity (Wildman–Crippen MR) is 204 cm³/mol. The highest BCUT2D eigenvalue weighted by atomic mass is 35.5. The van der Waals surface area contributed by atoms with Crippen LogP contribution < -0.4 is 5.32 Å². The second-order valence-corrected chi connectivity index (χ2v) is 16.1. The van der Waals surface area contributed by atoms with E-state index in [1.165, 1.54) is 4.90 Å². The first-order chi connectivity index (χ1) is 26.0. The molecular formula is C41H37Cl2F2N7O2. The Hall–Kier alpha value is -4.63. The zero-order valence-electron chi connectivity index (χ0n) is 29.8. The Kier molecular flexibility index (Phi) is 8.45. The number of hydrogen-bond acceptors (Lipinski definition) is 6. The third kappa shape index (κ3) is 5.40. The number of hydrogen-bond donors (Lipinski definition) is 1. The van der Waals surface area contributed by atoms with Gasteiger partial charge in [0.2, 0.25) is 0 Å². The van der Waals surface area contributed by atoms with E-state index in [-0.39, 0.29) is 76.5 Å². The first-order valence-electron chi connectivity index (χ1n) is 18.4. The van der Waals surface area contributed by atoms with Gasteiger partial charge >= 0.3 is 0 Å². The maximum Gasteiger partial charge on any atom is 0.271 e. The molecule has 2 saturated carbocycles. The second kappa shape index (κ2) is 13.0. The van der Waals surface area contributed by atoms with Gasteiger partial charge in [0, 0.05) is 79.0 Å². The first kappa shape index (κ1) is 35.1. The lowest BCUT2D eigenvalue weighted by Crippen LogP contribution is -2.42. The van der Waals surface area contributed by atoms with Gasteiger partial charge in [0.25, 0.3) is 11.8 Å². The molecule has 0 unspecified atom stereocenters. The number of nitrogens with zero attached hydrogens (tertiary/aromatic N) is 6. The normalized spacial score (nSPS) is 22.4. The molecule has 276 valence electrons. The van der Waals surface area contributed by atoms with Crippen molar-refractivity contribution in [1.82, 2.24) is 29.7 Å². The van der Waals surface area contributed by atoms with Crippen molar-refractivity contribution in [2.75, 3.05) is 27.2 Å². The van der Waals surface area contributed by atoms with Crippen LogP contribution in [0, 0.1) is 23.1 Å². The van der Waals surface area contributed by atoms with E-state index in [2.05, 4.69) is 27.0 Å². The summed E-state index contributed by atoms with van der Waals surface area (Å²) in [6, 6.07) is 14.4. The number of aromatic nitrogens is 3. The van der Waals surface area contributed by atoms with Crippen LogP contribution in [0.3, 0.4) is 0 Å². The summed E-state index contributed by atoms with van der Waals surface area (Å²) in [5.74, 6) is -1.01. The molecule has 2 amide bonds. The fourth-order valence-electron chi connectivity index (χ4n) is 8.96. The number of carbonyl (C=O) groups excluding carboxylic acids is 2. The van der Waals surface area contributed by atoms with Crippen LogP contribution in [-0.2, 0) is 11.2 Å². The lowest BCUT2D eigenvalue weighted by Gasteiger charge is -2.39. The topological polar surface area (TPSA) is 107 Å². The number of nitrogens with one attached hydrogen (secondary N) is 1. The summed E-state index contributed by atoms with van der Waals surface area (Å²) < 4.78 is 35.3. The Morgan fingerprint density at radius 1 is 1.15 bits per heavy atom. The van der Waals surface area contributed by atoms with Crippen molar-refractivity contribution >= 4 is 56.8 Å². The van der Waals surface area contributed by atoms with Crippen LogP contribution in [0.25, 0.3) is 44.2 Å². The molecule has 9 nitrogen and oxygen atoms in total. The van der Waals surface area contributed by atoms with Crippen LogP contribution in [0.4, 0.5) is 8.78 Å². The highest BCUT2D eigenvalue weighted by molar-refractivity contribution is 6.43. The molecule has 2 bridgehead atoms. The predicted octanol–water partition coefficient (Wildman–Crippen LogP) is 8.22. The molecule has 5 fully saturated rings. The van der Waals surface area contributed by atoms with E-state index in [1.54, 1.807) is 55.5 Å². The van der Waals surface area contributed by atoms with Crippen LogP contribution >= 0.6 is 23.2 Å². The molecule has 0 radical (unpaired) electrons. The number of alkyl halides is 1. The minimum absolute atomic E-state index is 0.0136. The van der Waals surface area contributed by atoms with Gasteiger partial charge in [-0.1, -0.05) is 35.3 Å². The third-order valence-corrected chi connectivity index (χ3v) is 12.7. The number of pyridine rings is 2. The van der Waals surface area contributed by atoms with Gasteiger partial charge in [-0.25, -0.2) is 13.8 Å². The molecule has 10 rings (SSSR count). The summed E-state index contributed by atoms with van der Waals surface area (Å²) in [6.07, 6.45) is 4.83. The number of fused-ring (bicyclic) bond motifs is 4. The average Bonchev–Trinajstić information content (AvgIpc) is 3.66. The fraction of sp³-hybridized carbons (Fsp3) is 0.390. The molecule has 4 atom stereocenters. The maximum absolute atomic E-state index is 17.6. The molecule has 13 heteroatoms. The van der Waals surface area contributed by atoms with Crippen molar-refractivity contribution < 1.29 is 18.4 Å². The lowest BCUT2D eigenvalue weighted by atomic mass is 9.79. The van der Waals surface area contributed by atoms with Gasteiger partial charge in [0.15, 0.2) is 11.5 Å². The van der Waals surface area contributed by atoms with Gasteiger partial charge in [-0.05, 0) is 80.3 Å². The van der Waals surface area contributed by atoms with Gasteiger partial charge in [-0.15, -0.1) is 0 Å². The SMILES string of the molecule is CN(C)C(=O)c1ccc(-c2nc3c(F)c(-c4cccc(Cl)c4Cl)c(CCC#N)cc3c3c2cc([C@H]2CCCN2C(=O)C2(F)CC2)n3[C@H]2[C@H]3CN[C@@H]2C3)cn1. The highest BCUT2D eigenvalue weighted by Crippen LogP contribution is 2.52. The second-order valence-electron chi connectivity index (χ2n) is 15.3. The van der Waals surface area contributed by atoms with E-state index in [4.69, 9.17) is 28.2 Å². The molecule has 0 spiro atoms. The molecule has 5 aromatic rings. The standard InChI is InChI=1S/C41H37Cl2F2N7O2/c1-50(2)39(53)28-11-10-22(19-47-28)35-26-18-31(30-9-5-15-51(30)40(54)41(45)12-13-41)52(37-23-17-29(37)48-20-23)38(26)25-16-21(6-4-14-46)32(34(44)36(25)49-35)24-7-3-8-27(42)33(24)43/h3,7-8,10-11,16,18-19,23,29-30,37,48H,4-6,9,12-13,15,17,20H2,1-2H3/t23-,29-,30-,37+/m1/s1. The minimum Gasteiger partial charge on any atom is -0.343 e. The highest BCUT2D eigenvalue weighted by Gasteiger charge is 2.55. The van der Waals surface area contributed by atoms with Crippen molar-refractivity contribution in [2.45, 2.75) is 68.7 Å². The summed E-state index contributed by atoms with van der Waals surface area (Å²) in [4.78, 5) is 39.2. The van der Waals surface area contributed by atoms with E-state index >= 15 is 8.78 Å². The Morgan fingerprint density at radius 3 is 2.63 bits per heavy atom. The Balaban J connectivity index is 1.37. The van der Waals surface area contributed by atoms with Crippen LogP contribution in [-0.4, -0.2) is 75.0 Å². The van der Waals surface area contributed by atoms with Crippen LogP contribution in [0.1, 0.15) is 72.4 Å². The third-order valence-electron chi connectivity index (χ3n) is 11.8. The van der Waals surface area contributed by atoms with Gasteiger partial charge in [-0.2, -0.15) is 5.26 Å². The number of carbonyl (C=O) groups is 2. The van der Waals surface area contributed by atoms with Crippen molar-refractivity contribution in [1.29, 1.82) is 5.26 Å². The summed E-state index contributed by atoms with van der Waals surface area (Å²) >= 11 is 13.2. The smallest absolute Gasteiger partial charge is 0.271 e. The van der Waals surface area contributed by atoms with Gasteiger partial charge in [0.1, 0.15) is 11.2 Å². The Labute approximate surface area is 320 Å². The molecule has 6 heterocycles. The molecule has 1 N–H and O–H groups in total. The lowest BCUT2D eigenvalue weighted by molar-refractivity contribution is -0.139.